The first-order chi connectivity index (χ1) is 6.36. The van der Waals surface area contributed by atoms with Crippen LogP contribution >= 0.6 is 0 Å². The third kappa shape index (κ3) is 1.02. The molecule has 0 saturated heterocycles. The summed E-state index contributed by atoms with van der Waals surface area (Å²) >= 11 is 0. The van der Waals surface area contributed by atoms with Crippen molar-refractivity contribution in [3.8, 4) is 11.9 Å². The van der Waals surface area contributed by atoms with Crippen molar-refractivity contribution in [2.24, 2.45) is 0 Å². The zero-order chi connectivity index (χ0) is 9.26. The van der Waals surface area contributed by atoms with Crippen LogP contribution in [0.2, 0.25) is 0 Å². The normalized spacial score (nSPS) is 9.85. The number of pyridine rings is 1. The standard InChI is InChI=1S/C9H7N3O/c1-13-9-3-2-7(6-10)8-4-5-11-12(8)9/h2-5H,1H3. The van der Waals surface area contributed by atoms with Gasteiger partial charge in [0.05, 0.1) is 24.4 Å². The Morgan fingerprint density at radius 2 is 2.31 bits per heavy atom. The second-order valence-electron chi connectivity index (χ2n) is 2.53. The molecule has 0 saturated carbocycles. The molecule has 0 spiro atoms. The quantitative estimate of drug-likeness (QED) is 0.651. The van der Waals surface area contributed by atoms with Crippen molar-refractivity contribution in [2.75, 3.05) is 7.11 Å². The van der Waals surface area contributed by atoms with Crippen LogP contribution in [0, 0.1) is 11.3 Å². The fraction of sp³-hybridized carbons (Fsp3) is 0.111. The lowest BCUT2D eigenvalue weighted by atomic mass is 10.2. The van der Waals surface area contributed by atoms with E-state index in [4.69, 9.17) is 10.00 Å². The van der Waals surface area contributed by atoms with Gasteiger partial charge in [-0.2, -0.15) is 14.9 Å². The number of ether oxygens (including phenoxy) is 1. The third-order valence-electron chi connectivity index (χ3n) is 1.85. The Hall–Kier alpha value is -2.02. The highest BCUT2D eigenvalue weighted by atomic mass is 16.5. The van der Waals surface area contributed by atoms with E-state index in [1.165, 1.54) is 0 Å². The molecule has 64 valence electrons. The third-order valence-corrected chi connectivity index (χ3v) is 1.85. The van der Waals surface area contributed by atoms with Crippen LogP contribution in [0.3, 0.4) is 0 Å². The summed E-state index contributed by atoms with van der Waals surface area (Å²) in [6.45, 7) is 0. The number of hydrogen-bond donors (Lipinski definition) is 0. The van der Waals surface area contributed by atoms with E-state index in [1.807, 2.05) is 0 Å². The summed E-state index contributed by atoms with van der Waals surface area (Å²) in [5.41, 5.74) is 1.36. The van der Waals surface area contributed by atoms with Gasteiger partial charge in [-0.3, -0.25) is 0 Å². The maximum atomic E-state index is 8.79. The summed E-state index contributed by atoms with van der Waals surface area (Å²) < 4.78 is 6.67. The highest BCUT2D eigenvalue weighted by Gasteiger charge is 2.04. The molecule has 0 amide bonds. The molecule has 2 aromatic heterocycles. The molecule has 0 fully saturated rings. The summed E-state index contributed by atoms with van der Waals surface area (Å²) in [7, 11) is 1.57. The van der Waals surface area contributed by atoms with E-state index in [-0.39, 0.29) is 0 Å². The molecule has 0 N–H and O–H groups in total. The Labute approximate surface area is 75.0 Å². The number of aromatic nitrogens is 2. The fourth-order valence-electron chi connectivity index (χ4n) is 1.24. The van der Waals surface area contributed by atoms with Crippen LogP contribution in [-0.2, 0) is 0 Å². The first-order valence-electron chi connectivity index (χ1n) is 3.77. The van der Waals surface area contributed by atoms with Crippen LogP contribution in [-0.4, -0.2) is 16.7 Å². The number of methoxy groups -OCH3 is 1. The van der Waals surface area contributed by atoms with Crippen LogP contribution in [0.25, 0.3) is 5.52 Å². The Morgan fingerprint density at radius 3 is 3.00 bits per heavy atom. The average Bonchev–Trinajstić information content (AvgIpc) is 2.64. The highest BCUT2D eigenvalue weighted by Crippen LogP contribution is 2.16. The minimum atomic E-state index is 0.596. The molecule has 0 unspecified atom stereocenters. The number of nitriles is 1. The molecule has 2 heterocycles. The van der Waals surface area contributed by atoms with Crippen molar-refractivity contribution in [3.63, 3.8) is 0 Å². The Morgan fingerprint density at radius 1 is 1.46 bits per heavy atom. The summed E-state index contributed by atoms with van der Waals surface area (Å²) in [6, 6.07) is 7.31. The maximum Gasteiger partial charge on any atom is 0.214 e. The van der Waals surface area contributed by atoms with Gasteiger partial charge >= 0.3 is 0 Å². The average molecular weight is 173 g/mol. The molecular weight excluding hydrogens is 166 g/mol. The van der Waals surface area contributed by atoms with E-state index in [1.54, 1.807) is 36.0 Å². The maximum absolute atomic E-state index is 8.79. The van der Waals surface area contributed by atoms with Gasteiger partial charge in [0.1, 0.15) is 6.07 Å². The van der Waals surface area contributed by atoms with Gasteiger partial charge in [-0.25, -0.2) is 0 Å². The summed E-state index contributed by atoms with van der Waals surface area (Å²) in [6.07, 6.45) is 1.64. The van der Waals surface area contributed by atoms with Crippen molar-refractivity contribution >= 4 is 5.52 Å². The summed E-state index contributed by atoms with van der Waals surface area (Å²) in [4.78, 5) is 0. The largest absolute Gasteiger partial charge is 0.481 e. The predicted octanol–water partition coefficient (Wildman–Crippen LogP) is 1.21. The van der Waals surface area contributed by atoms with Gasteiger partial charge in [0, 0.05) is 6.07 Å². The Bertz CT molecular complexity index is 481. The number of hydrogen-bond acceptors (Lipinski definition) is 3. The zero-order valence-electron chi connectivity index (χ0n) is 7.06. The molecule has 13 heavy (non-hydrogen) atoms. The lowest BCUT2D eigenvalue weighted by Gasteiger charge is -2.02. The molecule has 0 aliphatic heterocycles. The second-order valence-corrected chi connectivity index (χ2v) is 2.53. The second kappa shape index (κ2) is 2.79. The molecule has 4 heteroatoms. The predicted molar refractivity (Wildman–Crippen MR) is 46.5 cm³/mol. The van der Waals surface area contributed by atoms with Gasteiger partial charge in [-0.1, -0.05) is 0 Å². The topological polar surface area (TPSA) is 50.3 Å². The molecule has 0 aromatic carbocycles. The van der Waals surface area contributed by atoms with E-state index in [0.717, 1.165) is 5.52 Å². The molecule has 0 aliphatic carbocycles. The zero-order valence-corrected chi connectivity index (χ0v) is 7.06. The van der Waals surface area contributed by atoms with E-state index in [2.05, 4.69) is 11.2 Å². The molecule has 0 bridgehead atoms. The smallest absolute Gasteiger partial charge is 0.214 e. The number of fused-ring (bicyclic) bond motifs is 1. The monoisotopic (exact) mass is 173 g/mol. The first kappa shape index (κ1) is 7.62. The van der Waals surface area contributed by atoms with Crippen molar-refractivity contribution in [1.82, 2.24) is 9.61 Å². The number of rotatable bonds is 1. The van der Waals surface area contributed by atoms with Crippen LogP contribution in [0.15, 0.2) is 24.4 Å². The molecule has 2 aromatic rings. The van der Waals surface area contributed by atoms with E-state index in [0.29, 0.717) is 11.4 Å². The molecule has 0 aliphatic rings. The van der Waals surface area contributed by atoms with Gasteiger partial charge in [-0.15, -0.1) is 0 Å². The van der Waals surface area contributed by atoms with Crippen LogP contribution in [0.1, 0.15) is 5.56 Å². The van der Waals surface area contributed by atoms with Gasteiger partial charge in [0.2, 0.25) is 5.88 Å². The van der Waals surface area contributed by atoms with Gasteiger partial charge in [-0.05, 0) is 12.1 Å². The van der Waals surface area contributed by atoms with Crippen LogP contribution in [0.4, 0.5) is 0 Å². The Kier molecular flexibility index (Phi) is 1.64. The minimum absolute atomic E-state index is 0.596. The minimum Gasteiger partial charge on any atom is -0.481 e. The van der Waals surface area contributed by atoms with Gasteiger partial charge in [0.25, 0.3) is 0 Å². The molecular formula is C9H7N3O. The SMILES string of the molecule is COc1ccc(C#N)c2ccnn12. The van der Waals surface area contributed by atoms with E-state index in [9.17, 15) is 0 Å². The van der Waals surface area contributed by atoms with Crippen LogP contribution < -0.4 is 4.74 Å². The van der Waals surface area contributed by atoms with Crippen LogP contribution in [0.5, 0.6) is 5.88 Å². The first-order valence-corrected chi connectivity index (χ1v) is 3.77. The Balaban J connectivity index is 2.83. The highest BCUT2D eigenvalue weighted by molar-refractivity contribution is 5.61. The summed E-state index contributed by atoms with van der Waals surface area (Å²) in [5.74, 6) is 0.624. The van der Waals surface area contributed by atoms with Gasteiger partial charge in [0.15, 0.2) is 0 Å². The molecule has 4 nitrogen and oxygen atoms in total. The van der Waals surface area contributed by atoms with Gasteiger partial charge < -0.3 is 4.74 Å². The van der Waals surface area contributed by atoms with Crippen molar-refractivity contribution in [2.45, 2.75) is 0 Å². The van der Waals surface area contributed by atoms with Crippen molar-refractivity contribution in [1.29, 1.82) is 5.26 Å². The van der Waals surface area contributed by atoms with E-state index >= 15 is 0 Å². The molecule has 0 atom stereocenters. The lowest BCUT2D eigenvalue weighted by molar-refractivity contribution is 0.385. The molecule has 0 radical (unpaired) electrons. The summed E-state index contributed by atoms with van der Waals surface area (Å²) in [5, 5.41) is 12.8. The lowest BCUT2D eigenvalue weighted by Crippen LogP contribution is -1.96. The number of nitrogens with zero attached hydrogens (tertiary/aromatic N) is 3. The molecule has 2 rings (SSSR count). The fourth-order valence-corrected chi connectivity index (χ4v) is 1.24. The van der Waals surface area contributed by atoms with E-state index < -0.39 is 0 Å². The van der Waals surface area contributed by atoms with Crippen molar-refractivity contribution in [3.05, 3.63) is 30.0 Å². The van der Waals surface area contributed by atoms with Crippen molar-refractivity contribution < 1.29 is 4.74 Å².